The van der Waals surface area contributed by atoms with Gasteiger partial charge in [-0.1, -0.05) is 0 Å². The lowest BCUT2D eigenvalue weighted by molar-refractivity contribution is -0.145. The number of hydrogen-bond acceptors (Lipinski definition) is 4. The Balaban J connectivity index is 2.02. The van der Waals surface area contributed by atoms with Crippen molar-refractivity contribution in [3.05, 3.63) is 0 Å². The largest absolute Gasteiger partial charge is 0.481 e. The number of carbonyl (C=O) groups is 3. The molecule has 0 bridgehead atoms. The maximum atomic E-state index is 12.4. The summed E-state index contributed by atoms with van der Waals surface area (Å²) in [5, 5.41) is 9.12. The SMILES string of the molecule is CCN1CC(C(=O)N(C)C2COCC2C(=O)O)CC1=O. The molecule has 3 atom stereocenters. The molecule has 2 amide bonds. The van der Waals surface area contributed by atoms with Gasteiger partial charge in [-0.2, -0.15) is 0 Å². The Kier molecular flexibility index (Phi) is 4.27. The Morgan fingerprint density at radius 3 is 2.70 bits per heavy atom. The Morgan fingerprint density at radius 2 is 2.15 bits per heavy atom. The summed E-state index contributed by atoms with van der Waals surface area (Å²) in [7, 11) is 1.59. The Hall–Kier alpha value is -1.63. The molecule has 0 aliphatic carbocycles. The average molecular weight is 284 g/mol. The van der Waals surface area contributed by atoms with Crippen LogP contribution in [0, 0.1) is 11.8 Å². The maximum absolute atomic E-state index is 12.4. The van der Waals surface area contributed by atoms with E-state index in [2.05, 4.69) is 0 Å². The van der Waals surface area contributed by atoms with Crippen LogP contribution in [0.2, 0.25) is 0 Å². The molecule has 0 aromatic heterocycles. The minimum Gasteiger partial charge on any atom is -0.481 e. The van der Waals surface area contributed by atoms with Crippen molar-refractivity contribution in [1.29, 1.82) is 0 Å². The van der Waals surface area contributed by atoms with Gasteiger partial charge in [-0.25, -0.2) is 0 Å². The van der Waals surface area contributed by atoms with Crippen LogP contribution in [0.5, 0.6) is 0 Å². The first-order chi connectivity index (χ1) is 9.45. The molecule has 0 aromatic carbocycles. The molecule has 2 rings (SSSR count). The second kappa shape index (κ2) is 5.78. The van der Waals surface area contributed by atoms with Gasteiger partial charge in [0, 0.05) is 26.6 Å². The van der Waals surface area contributed by atoms with Crippen molar-refractivity contribution in [1.82, 2.24) is 9.80 Å². The van der Waals surface area contributed by atoms with E-state index in [0.29, 0.717) is 13.1 Å². The van der Waals surface area contributed by atoms with E-state index in [0.717, 1.165) is 0 Å². The van der Waals surface area contributed by atoms with Gasteiger partial charge in [0.05, 0.1) is 25.2 Å². The molecular formula is C13H20N2O5. The first kappa shape index (κ1) is 14.8. The topological polar surface area (TPSA) is 87.2 Å². The predicted molar refractivity (Wildman–Crippen MR) is 68.9 cm³/mol. The number of carbonyl (C=O) groups excluding carboxylic acids is 2. The van der Waals surface area contributed by atoms with Crippen molar-refractivity contribution < 1.29 is 24.2 Å². The molecule has 2 aliphatic rings. The van der Waals surface area contributed by atoms with E-state index in [4.69, 9.17) is 9.84 Å². The molecule has 0 spiro atoms. The average Bonchev–Trinajstić information content (AvgIpc) is 3.03. The Bertz CT molecular complexity index is 425. The minimum atomic E-state index is -0.954. The number of amides is 2. The molecule has 7 heteroatoms. The Labute approximate surface area is 117 Å². The molecule has 112 valence electrons. The van der Waals surface area contributed by atoms with Crippen LogP contribution in [0.25, 0.3) is 0 Å². The van der Waals surface area contributed by atoms with Crippen molar-refractivity contribution in [2.75, 3.05) is 33.4 Å². The van der Waals surface area contributed by atoms with Crippen LogP contribution in [-0.4, -0.2) is 72.1 Å². The number of ether oxygens (including phenoxy) is 1. The van der Waals surface area contributed by atoms with Crippen LogP contribution < -0.4 is 0 Å². The van der Waals surface area contributed by atoms with E-state index in [9.17, 15) is 14.4 Å². The first-order valence-electron chi connectivity index (χ1n) is 6.80. The molecular weight excluding hydrogens is 264 g/mol. The minimum absolute atomic E-state index is 0.0169. The highest BCUT2D eigenvalue weighted by Crippen LogP contribution is 2.24. The first-order valence-corrected chi connectivity index (χ1v) is 6.80. The summed E-state index contributed by atoms with van der Waals surface area (Å²) < 4.78 is 5.18. The summed E-state index contributed by atoms with van der Waals surface area (Å²) in [4.78, 5) is 38.3. The third-order valence-electron chi connectivity index (χ3n) is 4.16. The van der Waals surface area contributed by atoms with Gasteiger partial charge in [-0.15, -0.1) is 0 Å². The van der Waals surface area contributed by atoms with Crippen molar-refractivity contribution >= 4 is 17.8 Å². The van der Waals surface area contributed by atoms with Gasteiger partial charge in [0.1, 0.15) is 5.92 Å². The molecule has 2 fully saturated rings. The molecule has 2 heterocycles. The van der Waals surface area contributed by atoms with Crippen LogP contribution in [0.1, 0.15) is 13.3 Å². The molecule has 2 saturated heterocycles. The van der Waals surface area contributed by atoms with Gasteiger partial charge < -0.3 is 19.6 Å². The molecule has 0 radical (unpaired) electrons. The van der Waals surface area contributed by atoms with Gasteiger partial charge in [-0.05, 0) is 6.92 Å². The molecule has 7 nitrogen and oxygen atoms in total. The molecule has 2 aliphatic heterocycles. The van der Waals surface area contributed by atoms with Crippen LogP contribution in [-0.2, 0) is 19.1 Å². The molecule has 1 N–H and O–H groups in total. The summed E-state index contributed by atoms with van der Waals surface area (Å²) in [6.07, 6.45) is 0.211. The zero-order valence-corrected chi connectivity index (χ0v) is 11.7. The fourth-order valence-corrected chi connectivity index (χ4v) is 2.86. The monoisotopic (exact) mass is 284 g/mol. The fourth-order valence-electron chi connectivity index (χ4n) is 2.86. The lowest BCUT2D eigenvalue weighted by Gasteiger charge is -2.28. The standard InChI is InChI=1S/C13H20N2O5/c1-3-15-5-8(4-11(15)16)12(17)14(2)10-7-20-6-9(10)13(18)19/h8-10H,3-7H2,1-2H3,(H,18,19). The van der Waals surface area contributed by atoms with E-state index in [1.165, 1.54) is 4.90 Å². The van der Waals surface area contributed by atoms with E-state index in [-0.39, 0.29) is 37.4 Å². The van der Waals surface area contributed by atoms with E-state index in [1.807, 2.05) is 6.92 Å². The number of nitrogens with zero attached hydrogens (tertiary/aromatic N) is 2. The number of hydrogen-bond donors (Lipinski definition) is 1. The normalized spacial score (nSPS) is 29.8. The second-order valence-electron chi connectivity index (χ2n) is 5.33. The van der Waals surface area contributed by atoms with E-state index in [1.54, 1.807) is 11.9 Å². The third kappa shape index (κ3) is 2.63. The molecule has 0 saturated carbocycles. The zero-order valence-electron chi connectivity index (χ0n) is 11.7. The lowest BCUT2D eigenvalue weighted by atomic mass is 10.00. The number of carboxylic acid groups (broad SMARTS) is 1. The fraction of sp³-hybridized carbons (Fsp3) is 0.769. The van der Waals surface area contributed by atoms with Gasteiger partial charge in [0.15, 0.2) is 0 Å². The summed E-state index contributed by atoms with van der Waals surface area (Å²) in [6.45, 7) is 3.25. The highest BCUT2D eigenvalue weighted by Gasteiger charge is 2.42. The van der Waals surface area contributed by atoms with Crippen LogP contribution >= 0.6 is 0 Å². The lowest BCUT2D eigenvalue weighted by Crippen LogP contribution is -2.46. The van der Waals surface area contributed by atoms with Crippen molar-refractivity contribution in [2.24, 2.45) is 11.8 Å². The van der Waals surface area contributed by atoms with Gasteiger partial charge >= 0.3 is 5.97 Å². The summed E-state index contributed by atoms with van der Waals surface area (Å²) >= 11 is 0. The molecule has 0 aromatic rings. The highest BCUT2D eigenvalue weighted by atomic mass is 16.5. The van der Waals surface area contributed by atoms with Gasteiger partial charge in [0.2, 0.25) is 11.8 Å². The number of likely N-dealkylation sites (N-methyl/N-ethyl adjacent to an activating group) is 1. The van der Waals surface area contributed by atoms with Gasteiger partial charge in [-0.3, -0.25) is 14.4 Å². The van der Waals surface area contributed by atoms with Crippen molar-refractivity contribution in [3.63, 3.8) is 0 Å². The van der Waals surface area contributed by atoms with Crippen LogP contribution in [0.3, 0.4) is 0 Å². The third-order valence-corrected chi connectivity index (χ3v) is 4.16. The maximum Gasteiger partial charge on any atom is 0.311 e. The Morgan fingerprint density at radius 1 is 1.45 bits per heavy atom. The number of rotatable bonds is 4. The summed E-state index contributed by atoms with van der Waals surface area (Å²) in [5.74, 6) is -2.21. The number of aliphatic carboxylic acids is 1. The quantitative estimate of drug-likeness (QED) is 0.746. The van der Waals surface area contributed by atoms with E-state index < -0.39 is 17.9 Å². The predicted octanol–water partition coefficient (Wildman–Crippen LogP) is -0.587. The summed E-state index contributed by atoms with van der Waals surface area (Å²) in [5.41, 5.74) is 0. The van der Waals surface area contributed by atoms with E-state index >= 15 is 0 Å². The second-order valence-corrected chi connectivity index (χ2v) is 5.33. The van der Waals surface area contributed by atoms with Gasteiger partial charge in [0.25, 0.3) is 0 Å². The molecule has 20 heavy (non-hydrogen) atoms. The molecule has 3 unspecified atom stereocenters. The van der Waals surface area contributed by atoms with Crippen LogP contribution in [0.15, 0.2) is 0 Å². The highest BCUT2D eigenvalue weighted by molar-refractivity contribution is 5.89. The van der Waals surface area contributed by atoms with Crippen molar-refractivity contribution in [3.8, 4) is 0 Å². The smallest absolute Gasteiger partial charge is 0.311 e. The van der Waals surface area contributed by atoms with Crippen molar-refractivity contribution in [2.45, 2.75) is 19.4 Å². The zero-order chi connectivity index (χ0) is 14.9. The number of carboxylic acids is 1. The summed E-state index contributed by atoms with van der Waals surface area (Å²) in [6, 6.07) is -0.453. The number of likely N-dealkylation sites (tertiary alicyclic amines) is 1. The van der Waals surface area contributed by atoms with Crippen LogP contribution in [0.4, 0.5) is 0 Å².